The Kier molecular flexibility index (Phi) is 7.04. The monoisotopic (exact) mass is 516 g/mol. The lowest BCUT2D eigenvalue weighted by molar-refractivity contribution is -0.143. The molecule has 0 aliphatic carbocycles. The van der Waals surface area contributed by atoms with Crippen LogP contribution in [-0.4, -0.2) is 59.7 Å². The van der Waals surface area contributed by atoms with Gasteiger partial charge in [0.2, 0.25) is 5.95 Å². The van der Waals surface area contributed by atoms with Crippen molar-refractivity contribution in [2.45, 2.75) is 50.7 Å². The van der Waals surface area contributed by atoms with Gasteiger partial charge in [0.05, 0.1) is 29.2 Å². The molecule has 1 aromatic carbocycles. The second-order valence-corrected chi connectivity index (χ2v) is 9.04. The summed E-state index contributed by atoms with van der Waals surface area (Å²) in [5.41, 5.74) is -2.42. The number of urea groups is 1. The molecule has 0 radical (unpaired) electrons. The van der Waals surface area contributed by atoms with E-state index < -0.39 is 23.5 Å². The van der Waals surface area contributed by atoms with Gasteiger partial charge < -0.3 is 15.1 Å². The number of carbonyl (C=O) groups is 1. The van der Waals surface area contributed by atoms with Crippen molar-refractivity contribution in [1.29, 1.82) is 0 Å². The zero-order chi connectivity index (χ0) is 26.3. The van der Waals surface area contributed by atoms with Gasteiger partial charge in [-0.1, -0.05) is 6.92 Å². The number of nitrogens with zero attached hydrogens (tertiary/aromatic N) is 5. The Balaban J connectivity index is 1.68. The number of halogens is 6. The number of benzene rings is 1. The number of alkyl halides is 6. The summed E-state index contributed by atoms with van der Waals surface area (Å²) >= 11 is 0. The van der Waals surface area contributed by atoms with Crippen LogP contribution in [0.5, 0.6) is 0 Å². The number of aromatic nitrogens is 2. The summed E-state index contributed by atoms with van der Waals surface area (Å²) in [5, 5.41) is 3.31. The van der Waals surface area contributed by atoms with Crippen LogP contribution in [-0.2, 0) is 18.9 Å². The second-order valence-electron chi connectivity index (χ2n) is 9.04. The lowest BCUT2D eigenvalue weighted by Gasteiger charge is -2.29. The fraction of sp³-hybridized carbons (Fsp3) is 0.522. The minimum absolute atomic E-state index is 0.119. The Morgan fingerprint density at radius 2 is 1.64 bits per heavy atom. The van der Waals surface area contributed by atoms with Crippen molar-refractivity contribution in [1.82, 2.24) is 20.2 Å². The van der Waals surface area contributed by atoms with Crippen molar-refractivity contribution < 1.29 is 31.1 Å². The van der Waals surface area contributed by atoms with Crippen molar-refractivity contribution in [2.24, 2.45) is 0 Å². The predicted octanol–water partition coefficient (Wildman–Crippen LogP) is 4.53. The fourth-order valence-corrected chi connectivity index (χ4v) is 4.51. The van der Waals surface area contributed by atoms with Crippen LogP contribution in [0, 0.1) is 0 Å². The Labute approximate surface area is 204 Å². The predicted molar refractivity (Wildman–Crippen MR) is 121 cm³/mol. The number of amides is 2. The van der Waals surface area contributed by atoms with E-state index in [1.165, 1.54) is 17.3 Å². The minimum atomic E-state index is -4.93. The second kappa shape index (κ2) is 9.75. The number of hydrogen-bond acceptors (Lipinski definition) is 5. The van der Waals surface area contributed by atoms with Gasteiger partial charge in [0, 0.05) is 45.3 Å². The molecule has 2 saturated heterocycles. The Bertz CT molecular complexity index is 1060. The van der Waals surface area contributed by atoms with E-state index in [2.05, 4.69) is 15.3 Å². The summed E-state index contributed by atoms with van der Waals surface area (Å²) in [7, 11) is 1.67. The number of hydrogen-bond donors (Lipinski definition) is 1. The lowest BCUT2D eigenvalue weighted by atomic mass is 10.0. The molecular formula is C23H26F6N6O. The van der Waals surface area contributed by atoms with Crippen LogP contribution < -0.4 is 15.1 Å². The van der Waals surface area contributed by atoms with Crippen LogP contribution in [0.25, 0.3) is 0 Å². The van der Waals surface area contributed by atoms with E-state index in [9.17, 15) is 31.1 Å². The molecule has 1 N–H and O–H groups in total. The van der Waals surface area contributed by atoms with E-state index >= 15 is 0 Å². The third-order valence-electron chi connectivity index (χ3n) is 6.54. The van der Waals surface area contributed by atoms with Crippen molar-refractivity contribution in [3.8, 4) is 0 Å². The molecule has 0 unspecified atom stereocenters. The lowest BCUT2D eigenvalue weighted by Crippen LogP contribution is -2.38. The summed E-state index contributed by atoms with van der Waals surface area (Å²) < 4.78 is 80.4. The largest absolute Gasteiger partial charge is 0.416 e. The Morgan fingerprint density at radius 1 is 1.03 bits per heavy atom. The molecule has 196 valence electrons. The molecule has 13 heteroatoms. The van der Waals surface area contributed by atoms with Gasteiger partial charge in [-0.2, -0.15) is 26.3 Å². The number of likely N-dealkylation sites (N-methyl/N-ethyl adjacent to an activating group) is 1. The van der Waals surface area contributed by atoms with E-state index in [0.29, 0.717) is 31.7 Å². The Morgan fingerprint density at radius 3 is 2.11 bits per heavy atom. The van der Waals surface area contributed by atoms with E-state index in [-0.39, 0.29) is 42.2 Å². The molecule has 3 heterocycles. The first-order valence-electron chi connectivity index (χ1n) is 11.5. The highest BCUT2D eigenvalue weighted by Gasteiger charge is 2.38. The van der Waals surface area contributed by atoms with Crippen LogP contribution in [0.1, 0.15) is 36.5 Å². The van der Waals surface area contributed by atoms with Crippen molar-refractivity contribution >= 4 is 17.7 Å². The molecule has 2 aliphatic heterocycles. The number of rotatable bonds is 6. The number of anilines is 2. The van der Waals surface area contributed by atoms with Crippen LogP contribution in [0.2, 0.25) is 0 Å². The van der Waals surface area contributed by atoms with Gasteiger partial charge in [-0.3, -0.25) is 4.90 Å². The SMILES string of the molecule is CC[C@@H]1C[C@H](N(Cc2cc(C(F)(F)F)cc(C(F)(F)F)c2)c2ncc(N3CCN(C)C3=O)cn2)CN1. The average Bonchev–Trinajstić information content (AvgIpc) is 3.43. The zero-order valence-corrected chi connectivity index (χ0v) is 19.7. The number of carbonyl (C=O) groups excluding carboxylic acids is 1. The molecule has 0 saturated carbocycles. The molecule has 0 bridgehead atoms. The number of nitrogens with one attached hydrogen (secondary N) is 1. The van der Waals surface area contributed by atoms with Crippen LogP contribution >= 0.6 is 0 Å². The molecule has 7 nitrogen and oxygen atoms in total. The van der Waals surface area contributed by atoms with E-state index in [1.54, 1.807) is 16.8 Å². The molecule has 2 aromatic rings. The first kappa shape index (κ1) is 26.0. The quantitative estimate of drug-likeness (QED) is 0.572. The van der Waals surface area contributed by atoms with E-state index in [4.69, 9.17) is 0 Å². The van der Waals surface area contributed by atoms with E-state index in [1.807, 2.05) is 6.92 Å². The van der Waals surface area contributed by atoms with Crippen molar-refractivity contribution in [3.05, 3.63) is 47.3 Å². The highest BCUT2D eigenvalue weighted by atomic mass is 19.4. The average molecular weight is 516 g/mol. The summed E-state index contributed by atoms with van der Waals surface area (Å²) in [4.78, 5) is 25.6. The van der Waals surface area contributed by atoms with Gasteiger partial charge in [-0.05, 0) is 36.6 Å². The van der Waals surface area contributed by atoms with Crippen LogP contribution in [0.3, 0.4) is 0 Å². The highest BCUT2D eigenvalue weighted by molar-refractivity contribution is 5.93. The first-order chi connectivity index (χ1) is 16.9. The summed E-state index contributed by atoms with van der Waals surface area (Å²) in [6, 6.07) is 1.28. The van der Waals surface area contributed by atoms with Crippen molar-refractivity contribution in [2.75, 3.05) is 36.5 Å². The summed E-state index contributed by atoms with van der Waals surface area (Å²) in [6.07, 6.45) is -5.54. The zero-order valence-electron chi connectivity index (χ0n) is 19.7. The maximum atomic E-state index is 13.4. The van der Waals surface area contributed by atoms with Gasteiger partial charge in [-0.15, -0.1) is 0 Å². The molecule has 4 rings (SSSR count). The van der Waals surface area contributed by atoms with Gasteiger partial charge >= 0.3 is 18.4 Å². The van der Waals surface area contributed by atoms with Crippen LogP contribution in [0.4, 0.5) is 42.8 Å². The fourth-order valence-electron chi connectivity index (χ4n) is 4.51. The van der Waals surface area contributed by atoms with Gasteiger partial charge in [0.15, 0.2) is 0 Å². The van der Waals surface area contributed by atoms with Crippen LogP contribution in [0.15, 0.2) is 30.6 Å². The van der Waals surface area contributed by atoms with Gasteiger partial charge in [-0.25, -0.2) is 14.8 Å². The molecule has 2 atom stereocenters. The molecule has 0 spiro atoms. The highest BCUT2D eigenvalue weighted by Crippen LogP contribution is 2.37. The van der Waals surface area contributed by atoms with E-state index in [0.717, 1.165) is 18.6 Å². The standard InChI is InChI=1S/C23H26F6N6O/c1-3-17-9-18(10-30-17)35(20-31-11-19(12-32-20)34-5-4-33(2)21(34)36)13-14-6-15(22(24,25)26)8-16(7-14)23(27,28)29/h6-8,11-12,17-18,30H,3-5,9-10,13H2,1-2H3/t17-,18+/m1/s1. The maximum Gasteiger partial charge on any atom is 0.416 e. The van der Waals surface area contributed by atoms with Gasteiger partial charge in [0.25, 0.3) is 0 Å². The first-order valence-corrected chi connectivity index (χ1v) is 11.5. The van der Waals surface area contributed by atoms with Gasteiger partial charge in [0.1, 0.15) is 0 Å². The molecule has 2 amide bonds. The normalized spacial score (nSPS) is 20.9. The maximum absolute atomic E-state index is 13.4. The Hall–Kier alpha value is -3.09. The molecule has 2 aliphatic rings. The molecule has 36 heavy (non-hydrogen) atoms. The summed E-state index contributed by atoms with van der Waals surface area (Å²) in [6.45, 7) is 3.21. The smallest absolute Gasteiger partial charge is 0.332 e. The third kappa shape index (κ3) is 5.50. The molecule has 2 fully saturated rings. The van der Waals surface area contributed by atoms with Crippen molar-refractivity contribution in [3.63, 3.8) is 0 Å². The molecule has 1 aromatic heterocycles. The molecular weight excluding hydrogens is 490 g/mol. The third-order valence-corrected chi connectivity index (χ3v) is 6.54. The minimum Gasteiger partial charge on any atom is -0.332 e. The summed E-state index contributed by atoms with van der Waals surface area (Å²) in [5.74, 6) is 0.160. The topological polar surface area (TPSA) is 64.6 Å².